The summed E-state index contributed by atoms with van der Waals surface area (Å²) < 4.78 is 5.72. The van der Waals surface area contributed by atoms with Crippen molar-refractivity contribution in [2.45, 2.75) is 31.8 Å². The van der Waals surface area contributed by atoms with Crippen molar-refractivity contribution in [2.24, 2.45) is 5.92 Å². The summed E-state index contributed by atoms with van der Waals surface area (Å²) in [5, 5.41) is 3.73. The van der Waals surface area contributed by atoms with Crippen molar-refractivity contribution >= 4 is 17.5 Å². The third-order valence-corrected chi connectivity index (χ3v) is 5.67. The van der Waals surface area contributed by atoms with E-state index in [0.717, 1.165) is 25.9 Å². The molecule has 3 fully saturated rings. The SMILES string of the molecule is C[C@H]1[C@H](NC(=O)c2ccc(-c3cnccc3Cl)o2)C2CCN1CC2. The summed E-state index contributed by atoms with van der Waals surface area (Å²) in [6.07, 6.45) is 5.57. The summed E-state index contributed by atoms with van der Waals surface area (Å²) in [4.78, 5) is 19.1. The van der Waals surface area contributed by atoms with Gasteiger partial charge in [-0.15, -0.1) is 0 Å². The summed E-state index contributed by atoms with van der Waals surface area (Å²) in [5.41, 5.74) is 0.689. The zero-order valence-electron chi connectivity index (χ0n) is 13.5. The number of rotatable bonds is 3. The Morgan fingerprint density at radius 1 is 1.33 bits per heavy atom. The number of carbonyl (C=O) groups excluding carboxylic acids is 1. The number of carbonyl (C=O) groups is 1. The van der Waals surface area contributed by atoms with Crippen molar-refractivity contribution in [3.8, 4) is 11.3 Å². The van der Waals surface area contributed by atoms with Gasteiger partial charge in [0.25, 0.3) is 5.91 Å². The molecule has 0 unspecified atom stereocenters. The Kier molecular flexibility index (Phi) is 4.06. The molecular formula is C18H20ClN3O2. The molecule has 3 aliphatic heterocycles. The molecule has 2 atom stereocenters. The van der Waals surface area contributed by atoms with Gasteiger partial charge < -0.3 is 9.73 Å². The molecule has 5 rings (SSSR count). The maximum atomic E-state index is 12.6. The van der Waals surface area contributed by atoms with Gasteiger partial charge in [-0.05, 0) is 57.0 Å². The molecule has 0 aliphatic carbocycles. The van der Waals surface area contributed by atoms with E-state index in [2.05, 4.69) is 22.1 Å². The minimum atomic E-state index is -0.160. The van der Waals surface area contributed by atoms with Crippen LogP contribution in [0.25, 0.3) is 11.3 Å². The predicted octanol–water partition coefficient (Wildman–Crippen LogP) is 3.21. The van der Waals surface area contributed by atoms with Crippen LogP contribution in [0.1, 0.15) is 30.3 Å². The molecule has 5 heterocycles. The molecule has 6 heteroatoms. The van der Waals surface area contributed by atoms with Crippen LogP contribution in [-0.4, -0.2) is 41.0 Å². The normalized spacial score (nSPS) is 28.8. The lowest BCUT2D eigenvalue weighted by Gasteiger charge is -2.49. The van der Waals surface area contributed by atoms with Crippen LogP contribution < -0.4 is 5.32 Å². The number of amides is 1. The second-order valence-corrected chi connectivity index (χ2v) is 7.04. The third kappa shape index (κ3) is 2.72. The summed E-state index contributed by atoms with van der Waals surface area (Å²) in [6, 6.07) is 5.73. The molecule has 1 amide bonds. The highest BCUT2D eigenvalue weighted by Gasteiger charge is 2.40. The number of hydrogen-bond donors (Lipinski definition) is 1. The number of furan rings is 1. The molecule has 0 spiro atoms. The first kappa shape index (κ1) is 15.7. The fraction of sp³-hybridized carbons (Fsp3) is 0.444. The van der Waals surface area contributed by atoms with Gasteiger partial charge >= 0.3 is 0 Å². The molecular weight excluding hydrogens is 326 g/mol. The smallest absolute Gasteiger partial charge is 0.287 e. The zero-order valence-corrected chi connectivity index (χ0v) is 14.3. The average Bonchev–Trinajstić information content (AvgIpc) is 3.09. The lowest BCUT2D eigenvalue weighted by Crippen LogP contribution is -2.62. The molecule has 3 aliphatic rings. The molecule has 2 aromatic rings. The zero-order chi connectivity index (χ0) is 16.7. The molecule has 0 aromatic carbocycles. The van der Waals surface area contributed by atoms with Crippen molar-refractivity contribution in [1.82, 2.24) is 15.2 Å². The van der Waals surface area contributed by atoms with E-state index >= 15 is 0 Å². The second kappa shape index (κ2) is 6.22. The van der Waals surface area contributed by atoms with Gasteiger partial charge in [0.1, 0.15) is 5.76 Å². The Bertz CT molecular complexity index is 750. The lowest BCUT2D eigenvalue weighted by atomic mass is 9.79. The van der Waals surface area contributed by atoms with E-state index in [4.69, 9.17) is 16.0 Å². The van der Waals surface area contributed by atoms with Crippen LogP contribution >= 0.6 is 11.6 Å². The fourth-order valence-electron chi connectivity index (χ4n) is 3.93. The highest BCUT2D eigenvalue weighted by atomic mass is 35.5. The Morgan fingerprint density at radius 2 is 2.12 bits per heavy atom. The topological polar surface area (TPSA) is 58.4 Å². The maximum absolute atomic E-state index is 12.6. The minimum Gasteiger partial charge on any atom is -0.451 e. The van der Waals surface area contributed by atoms with E-state index in [1.165, 1.54) is 0 Å². The number of pyridine rings is 1. The summed E-state index contributed by atoms with van der Waals surface area (Å²) >= 11 is 6.16. The van der Waals surface area contributed by atoms with E-state index in [1.54, 1.807) is 30.6 Å². The summed E-state index contributed by atoms with van der Waals surface area (Å²) in [6.45, 7) is 4.48. The Balaban J connectivity index is 1.51. The minimum absolute atomic E-state index is 0.160. The van der Waals surface area contributed by atoms with Crippen LogP contribution in [0.4, 0.5) is 0 Å². The van der Waals surface area contributed by atoms with E-state index in [9.17, 15) is 4.79 Å². The molecule has 3 saturated heterocycles. The van der Waals surface area contributed by atoms with Gasteiger partial charge in [-0.25, -0.2) is 0 Å². The van der Waals surface area contributed by atoms with Crippen molar-refractivity contribution in [2.75, 3.05) is 13.1 Å². The standard InChI is InChI=1S/C18H20ClN3O2/c1-11-17(12-5-8-22(11)9-6-12)21-18(23)16-3-2-15(24-16)13-10-20-7-4-14(13)19/h2-4,7,10-12,17H,5-6,8-9H2,1H3,(H,21,23)/t11-,17-/m0/s1. The van der Waals surface area contributed by atoms with Crippen LogP contribution in [0.15, 0.2) is 35.0 Å². The van der Waals surface area contributed by atoms with Gasteiger partial charge in [0.2, 0.25) is 0 Å². The van der Waals surface area contributed by atoms with Crippen LogP contribution in [0, 0.1) is 5.92 Å². The number of nitrogens with one attached hydrogen (secondary N) is 1. The van der Waals surface area contributed by atoms with Gasteiger partial charge in [-0.3, -0.25) is 14.7 Å². The molecule has 2 aromatic heterocycles. The first-order valence-corrected chi connectivity index (χ1v) is 8.76. The monoisotopic (exact) mass is 345 g/mol. The number of fused-ring (bicyclic) bond motifs is 3. The largest absolute Gasteiger partial charge is 0.451 e. The van der Waals surface area contributed by atoms with Gasteiger partial charge in [-0.1, -0.05) is 11.6 Å². The fourth-order valence-corrected chi connectivity index (χ4v) is 4.13. The Hall–Kier alpha value is -1.85. The van der Waals surface area contributed by atoms with Gasteiger partial charge in [0.15, 0.2) is 5.76 Å². The number of aromatic nitrogens is 1. The predicted molar refractivity (Wildman–Crippen MR) is 92.0 cm³/mol. The first-order chi connectivity index (χ1) is 11.6. The van der Waals surface area contributed by atoms with Crippen LogP contribution in [-0.2, 0) is 0 Å². The third-order valence-electron chi connectivity index (χ3n) is 5.34. The van der Waals surface area contributed by atoms with Crippen molar-refractivity contribution in [3.63, 3.8) is 0 Å². The molecule has 24 heavy (non-hydrogen) atoms. The number of piperidine rings is 3. The van der Waals surface area contributed by atoms with E-state index in [0.29, 0.717) is 34.1 Å². The maximum Gasteiger partial charge on any atom is 0.287 e. The van der Waals surface area contributed by atoms with Crippen LogP contribution in [0.3, 0.4) is 0 Å². The summed E-state index contributed by atoms with van der Waals surface area (Å²) in [7, 11) is 0. The average molecular weight is 346 g/mol. The van der Waals surface area contributed by atoms with Gasteiger partial charge in [-0.2, -0.15) is 0 Å². The van der Waals surface area contributed by atoms with Crippen LogP contribution in [0.2, 0.25) is 5.02 Å². The number of hydrogen-bond acceptors (Lipinski definition) is 4. The Morgan fingerprint density at radius 3 is 2.83 bits per heavy atom. The van der Waals surface area contributed by atoms with E-state index < -0.39 is 0 Å². The Labute approximate surface area is 146 Å². The molecule has 1 N–H and O–H groups in total. The lowest BCUT2D eigenvalue weighted by molar-refractivity contribution is 0.0211. The quantitative estimate of drug-likeness (QED) is 0.928. The number of nitrogens with zero attached hydrogens (tertiary/aromatic N) is 2. The molecule has 2 bridgehead atoms. The van der Waals surface area contributed by atoms with Crippen LogP contribution in [0.5, 0.6) is 0 Å². The van der Waals surface area contributed by atoms with Crippen molar-refractivity contribution in [3.05, 3.63) is 41.4 Å². The van der Waals surface area contributed by atoms with Crippen molar-refractivity contribution in [1.29, 1.82) is 0 Å². The summed E-state index contributed by atoms with van der Waals surface area (Å²) in [5.74, 6) is 1.27. The van der Waals surface area contributed by atoms with E-state index in [1.807, 2.05) is 0 Å². The van der Waals surface area contributed by atoms with Gasteiger partial charge in [0, 0.05) is 24.5 Å². The highest BCUT2D eigenvalue weighted by Crippen LogP contribution is 2.33. The molecule has 5 nitrogen and oxygen atoms in total. The second-order valence-electron chi connectivity index (χ2n) is 6.63. The molecule has 126 valence electrons. The van der Waals surface area contributed by atoms with Gasteiger partial charge in [0.05, 0.1) is 10.6 Å². The van der Waals surface area contributed by atoms with Crippen molar-refractivity contribution < 1.29 is 9.21 Å². The molecule has 0 saturated carbocycles. The first-order valence-electron chi connectivity index (χ1n) is 8.38. The molecule has 0 radical (unpaired) electrons. The van der Waals surface area contributed by atoms with E-state index in [-0.39, 0.29) is 11.9 Å². The highest BCUT2D eigenvalue weighted by molar-refractivity contribution is 6.33. The number of halogens is 1.